The molecule has 0 radical (unpaired) electrons. The molecule has 0 saturated carbocycles. The number of rotatable bonds is 42. The van der Waals surface area contributed by atoms with Crippen molar-refractivity contribution in [3.05, 3.63) is 0 Å². The predicted octanol–water partition coefficient (Wildman–Crippen LogP) is 12.9. The monoisotopic (exact) mass is 737 g/mol. The predicted molar refractivity (Wildman–Crippen MR) is 221 cm³/mol. The van der Waals surface area contributed by atoms with Gasteiger partial charge in [-0.2, -0.15) is 0 Å². The summed E-state index contributed by atoms with van der Waals surface area (Å²) < 4.78 is 6.05. The highest BCUT2D eigenvalue weighted by molar-refractivity contribution is 5.83. The maximum absolute atomic E-state index is 12.8. The van der Waals surface area contributed by atoms with E-state index in [1.54, 1.807) is 0 Å². The third kappa shape index (κ3) is 36.7. The number of hydrogen-bond donors (Lipinski definition) is 3. The average Bonchev–Trinajstić information content (AvgIpc) is 3.13. The highest BCUT2D eigenvalue weighted by Gasteiger charge is 2.19. The molecule has 52 heavy (non-hydrogen) atoms. The first kappa shape index (κ1) is 50.4. The molecule has 4 N–H and O–H groups in total. The van der Waals surface area contributed by atoms with E-state index < -0.39 is 12.0 Å². The van der Waals surface area contributed by atoms with Gasteiger partial charge in [-0.05, 0) is 57.9 Å². The minimum atomic E-state index is -1.00. The maximum Gasteiger partial charge on any atom is 0.326 e. The first-order valence-electron chi connectivity index (χ1n) is 22.9. The Balaban J connectivity index is 4.16. The number of hydrogen-bond acceptors (Lipinski definition) is 5. The molecule has 0 spiro atoms. The van der Waals surface area contributed by atoms with Gasteiger partial charge in [0.2, 0.25) is 5.91 Å². The SMILES string of the molecule is CCCCCCCCCCCCCCCCCCCC(=O)OC(CCCCCCCCCCC)CCCCCCCC(=O)NC(CCCN)C(=O)O. The van der Waals surface area contributed by atoms with Crippen LogP contribution in [0.25, 0.3) is 0 Å². The van der Waals surface area contributed by atoms with E-state index in [4.69, 9.17) is 10.5 Å². The number of nitrogens with one attached hydrogen (secondary N) is 1. The van der Waals surface area contributed by atoms with Gasteiger partial charge in [0.15, 0.2) is 0 Å². The molecule has 0 heterocycles. The van der Waals surface area contributed by atoms with Crippen molar-refractivity contribution < 1.29 is 24.2 Å². The summed E-state index contributed by atoms with van der Waals surface area (Å²) in [4.78, 5) is 36.3. The molecule has 7 nitrogen and oxygen atoms in total. The van der Waals surface area contributed by atoms with Crippen molar-refractivity contribution in [1.82, 2.24) is 5.32 Å². The highest BCUT2D eigenvalue weighted by Crippen LogP contribution is 2.19. The van der Waals surface area contributed by atoms with Gasteiger partial charge in [0.1, 0.15) is 12.1 Å². The number of carboxylic acids is 1. The maximum atomic E-state index is 12.8. The molecule has 1 amide bonds. The standard InChI is InChI=1S/C45H88N2O5/c1-3-5-7-9-11-13-14-15-16-17-18-19-20-22-24-29-33-39-44(49)52-41(35-30-26-23-21-12-10-8-6-4-2)36-31-27-25-28-32-38-43(48)47-42(45(50)51)37-34-40-46/h41-42H,3-40,46H2,1-2H3,(H,47,48)(H,50,51). The van der Waals surface area contributed by atoms with E-state index in [0.717, 1.165) is 64.2 Å². The van der Waals surface area contributed by atoms with Gasteiger partial charge in [-0.1, -0.05) is 187 Å². The second kappa shape index (κ2) is 40.6. The minimum absolute atomic E-state index is 0.0148. The zero-order chi connectivity index (χ0) is 38.2. The Morgan fingerprint density at radius 3 is 1.19 bits per heavy atom. The van der Waals surface area contributed by atoms with Gasteiger partial charge in [-0.25, -0.2) is 4.79 Å². The molecule has 0 aromatic rings. The molecule has 0 bridgehead atoms. The molecule has 0 aliphatic carbocycles. The first-order chi connectivity index (χ1) is 25.4. The zero-order valence-electron chi connectivity index (χ0n) is 34.7. The van der Waals surface area contributed by atoms with Crippen LogP contribution in [0, 0.1) is 0 Å². The van der Waals surface area contributed by atoms with Crippen LogP contribution in [0.2, 0.25) is 0 Å². The van der Waals surface area contributed by atoms with Crippen LogP contribution in [0.15, 0.2) is 0 Å². The number of carboxylic acid groups (broad SMARTS) is 1. The summed E-state index contributed by atoms with van der Waals surface area (Å²) in [5, 5.41) is 11.9. The van der Waals surface area contributed by atoms with E-state index in [-0.39, 0.29) is 18.0 Å². The van der Waals surface area contributed by atoms with E-state index in [9.17, 15) is 19.5 Å². The molecule has 0 aliphatic heterocycles. The fourth-order valence-corrected chi connectivity index (χ4v) is 7.22. The Morgan fingerprint density at radius 1 is 0.481 bits per heavy atom. The lowest BCUT2D eigenvalue weighted by Crippen LogP contribution is -2.40. The minimum Gasteiger partial charge on any atom is -0.480 e. The molecule has 0 rings (SSSR count). The number of nitrogens with two attached hydrogens (primary N) is 1. The Bertz CT molecular complexity index is 792. The van der Waals surface area contributed by atoms with Crippen LogP contribution < -0.4 is 11.1 Å². The Kier molecular flexibility index (Phi) is 39.3. The third-order valence-corrected chi connectivity index (χ3v) is 10.7. The molecule has 0 fully saturated rings. The fraction of sp³-hybridized carbons (Fsp3) is 0.933. The molecule has 0 aromatic heterocycles. The highest BCUT2D eigenvalue weighted by atomic mass is 16.5. The summed E-state index contributed by atoms with van der Waals surface area (Å²) in [6.07, 6.45) is 43.0. The lowest BCUT2D eigenvalue weighted by molar-refractivity contribution is -0.150. The molecule has 2 atom stereocenters. The molecule has 0 saturated heterocycles. The number of esters is 1. The molecule has 308 valence electrons. The van der Waals surface area contributed by atoms with Gasteiger partial charge in [-0.15, -0.1) is 0 Å². The summed E-state index contributed by atoms with van der Waals surface area (Å²) in [5.41, 5.74) is 5.48. The van der Waals surface area contributed by atoms with Crippen molar-refractivity contribution >= 4 is 17.8 Å². The average molecular weight is 737 g/mol. The molecule has 0 aliphatic rings. The molecule has 0 aromatic carbocycles. The van der Waals surface area contributed by atoms with E-state index in [1.165, 1.54) is 148 Å². The van der Waals surface area contributed by atoms with E-state index in [0.29, 0.717) is 32.2 Å². The Hall–Kier alpha value is -1.63. The van der Waals surface area contributed by atoms with Crippen molar-refractivity contribution in [1.29, 1.82) is 0 Å². The van der Waals surface area contributed by atoms with Crippen molar-refractivity contribution in [2.45, 2.75) is 264 Å². The summed E-state index contributed by atoms with van der Waals surface area (Å²) >= 11 is 0. The third-order valence-electron chi connectivity index (χ3n) is 10.7. The van der Waals surface area contributed by atoms with E-state index in [1.807, 2.05) is 0 Å². The zero-order valence-corrected chi connectivity index (χ0v) is 34.7. The lowest BCUT2D eigenvalue weighted by atomic mass is 10.0. The van der Waals surface area contributed by atoms with Gasteiger partial charge < -0.3 is 20.9 Å². The normalized spacial score (nSPS) is 12.5. The second-order valence-corrected chi connectivity index (χ2v) is 15.8. The van der Waals surface area contributed by atoms with Gasteiger partial charge >= 0.3 is 11.9 Å². The van der Waals surface area contributed by atoms with E-state index >= 15 is 0 Å². The number of aliphatic carboxylic acids is 1. The van der Waals surface area contributed by atoms with Gasteiger partial charge in [0, 0.05) is 12.8 Å². The number of carbonyl (C=O) groups excluding carboxylic acids is 2. The summed E-state index contributed by atoms with van der Waals surface area (Å²) in [7, 11) is 0. The Morgan fingerprint density at radius 2 is 0.827 bits per heavy atom. The van der Waals surface area contributed by atoms with Crippen LogP contribution in [0.3, 0.4) is 0 Å². The summed E-state index contributed by atoms with van der Waals surface area (Å²) in [5.74, 6) is -1.21. The van der Waals surface area contributed by atoms with Gasteiger partial charge in [0.05, 0.1) is 0 Å². The number of amides is 1. The molecule has 2 unspecified atom stereocenters. The number of unbranched alkanes of at least 4 members (excludes halogenated alkanes) is 28. The van der Waals surface area contributed by atoms with Crippen LogP contribution in [-0.4, -0.2) is 41.6 Å². The van der Waals surface area contributed by atoms with Crippen LogP contribution >= 0.6 is 0 Å². The quantitative estimate of drug-likeness (QED) is 0.0424. The molecule has 7 heteroatoms. The first-order valence-corrected chi connectivity index (χ1v) is 22.9. The van der Waals surface area contributed by atoms with Crippen molar-refractivity contribution in [3.8, 4) is 0 Å². The number of carbonyl (C=O) groups is 3. The topological polar surface area (TPSA) is 119 Å². The lowest BCUT2D eigenvalue weighted by Gasteiger charge is -2.18. The van der Waals surface area contributed by atoms with Gasteiger partial charge in [0.25, 0.3) is 0 Å². The van der Waals surface area contributed by atoms with Crippen LogP contribution in [0.1, 0.15) is 251 Å². The molecular formula is C45H88N2O5. The molecular weight excluding hydrogens is 649 g/mol. The van der Waals surface area contributed by atoms with Gasteiger partial charge in [-0.3, -0.25) is 9.59 Å². The smallest absolute Gasteiger partial charge is 0.326 e. The van der Waals surface area contributed by atoms with Crippen LogP contribution in [0.5, 0.6) is 0 Å². The van der Waals surface area contributed by atoms with Crippen molar-refractivity contribution in [3.63, 3.8) is 0 Å². The van der Waals surface area contributed by atoms with Crippen molar-refractivity contribution in [2.75, 3.05) is 6.54 Å². The number of ether oxygens (including phenoxy) is 1. The van der Waals surface area contributed by atoms with Crippen LogP contribution in [-0.2, 0) is 19.1 Å². The summed E-state index contributed by atoms with van der Waals surface area (Å²) in [6.45, 7) is 4.96. The van der Waals surface area contributed by atoms with Crippen molar-refractivity contribution in [2.24, 2.45) is 5.73 Å². The summed E-state index contributed by atoms with van der Waals surface area (Å²) in [6, 6.07) is -0.851. The Labute approximate surface area is 322 Å². The second-order valence-electron chi connectivity index (χ2n) is 15.8. The fourth-order valence-electron chi connectivity index (χ4n) is 7.22. The van der Waals surface area contributed by atoms with E-state index in [2.05, 4.69) is 19.2 Å². The largest absolute Gasteiger partial charge is 0.480 e. The van der Waals surface area contributed by atoms with Crippen LogP contribution in [0.4, 0.5) is 0 Å².